The van der Waals surface area contributed by atoms with Crippen molar-refractivity contribution >= 4 is 33.0 Å². The third kappa shape index (κ3) is 8.13. The summed E-state index contributed by atoms with van der Waals surface area (Å²) in [6, 6.07) is 6.10. The predicted molar refractivity (Wildman–Crippen MR) is 132 cm³/mol. The number of hydrogen-bond donors (Lipinski definition) is 2. The first-order chi connectivity index (χ1) is 16.8. The van der Waals surface area contributed by atoms with Crippen LogP contribution in [0.15, 0.2) is 54.5 Å². The first kappa shape index (κ1) is 26.3. The molecule has 2 heterocycles. The SMILES string of the molecule is C=CCOc1nc(OCC=C)nc(OCC2CN(C(=S)Nc3ccc(S(N)(=O)=O)cc3)CCO2)n1. The molecule has 1 aliphatic rings. The zero-order valence-electron chi connectivity index (χ0n) is 18.8. The summed E-state index contributed by atoms with van der Waals surface area (Å²) in [6.07, 6.45) is 2.80. The van der Waals surface area contributed by atoms with Crippen molar-refractivity contribution in [3.05, 3.63) is 49.6 Å². The maximum absolute atomic E-state index is 11.4. The van der Waals surface area contributed by atoms with Gasteiger partial charge in [-0.3, -0.25) is 0 Å². The number of rotatable bonds is 11. The Balaban J connectivity index is 1.57. The Hall–Kier alpha value is -3.33. The molecule has 0 saturated carbocycles. The number of aromatic nitrogens is 3. The molecule has 1 aromatic heterocycles. The molecule has 1 aromatic carbocycles. The Morgan fingerprint density at radius 2 is 1.69 bits per heavy atom. The smallest absolute Gasteiger partial charge is 0.326 e. The second-order valence-corrected chi connectivity index (χ2v) is 9.08. The summed E-state index contributed by atoms with van der Waals surface area (Å²) in [5, 5.41) is 8.67. The van der Waals surface area contributed by atoms with Crippen molar-refractivity contribution in [2.45, 2.75) is 11.0 Å². The minimum Gasteiger partial charge on any atom is -0.460 e. The number of sulfonamides is 1. The highest BCUT2D eigenvalue weighted by molar-refractivity contribution is 7.89. The number of nitrogens with zero attached hydrogens (tertiary/aromatic N) is 4. The highest BCUT2D eigenvalue weighted by Crippen LogP contribution is 2.17. The molecule has 0 aliphatic carbocycles. The molecule has 3 N–H and O–H groups in total. The summed E-state index contributed by atoms with van der Waals surface area (Å²) in [7, 11) is -3.76. The predicted octanol–water partition coefficient (Wildman–Crippen LogP) is 1.13. The molecule has 35 heavy (non-hydrogen) atoms. The average molecular weight is 523 g/mol. The van der Waals surface area contributed by atoms with Gasteiger partial charge in [-0.15, -0.1) is 15.0 Å². The van der Waals surface area contributed by atoms with Gasteiger partial charge in [-0.1, -0.05) is 25.3 Å². The van der Waals surface area contributed by atoms with E-state index in [1.807, 2.05) is 4.90 Å². The molecule has 0 amide bonds. The van der Waals surface area contributed by atoms with Gasteiger partial charge < -0.3 is 29.2 Å². The minimum atomic E-state index is -3.76. The summed E-state index contributed by atoms with van der Waals surface area (Å²) in [5.74, 6) is 0. The van der Waals surface area contributed by atoms with Crippen LogP contribution in [0.5, 0.6) is 18.0 Å². The van der Waals surface area contributed by atoms with Gasteiger partial charge in [0.15, 0.2) is 5.11 Å². The molecule has 12 nitrogen and oxygen atoms in total. The van der Waals surface area contributed by atoms with Crippen molar-refractivity contribution in [3.63, 3.8) is 0 Å². The summed E-state index contributed by atoms with van der Waals surface area (Å²) in [6.45, 7) is 9.20. The highest BCUT2D eigenvalue weighted by Gasteiger charge is 2.24. The fraction of sp³-hybridized carbons (Fsp3) is 0.333. The Labute approximate surface area is 208 Å². The van der Waals surface area contributed by atoms with Crippen molar-refractivity contribution in [1.29, 1.82) is 0 Å². The van der Waals surface area contributed by atoms with Crippen LogP contribution < -0.4 is 24.7 Å². The molecule has 1 aliphatic heterocycles. The van der Waals surface area contributed by atoms with Crippen molar-refractivity contribution in [2.75, 3.05) is 44.8 Å². The molecule has 1 fully saturated rings. The van der Waals surface area contributed by atoms with Gasteiger partial charge >= 0.3 is 18.0 Å². The van der Waals surface area contributed by atoms with Gasteiger partial charge in [0.25, 0.3) is 0 Å². The quantitative estimate of drug-likeness (QED) is 0.321. The van der Waals surface area contributed by atoms with E-state index >= 15 is 0 Å². The number of primary sulfonamides is 1. The second kappa shape index (κ2) is 12.4. The molecule has 1 saturated heterocycles. The number of anilines is 1. The van der Waals surface area contributed by atoms with E-state index in [1.165, 1.54) is 12.1 Å². The molecule has 1 atom stereocenters. The Kier molecular flexibility index (Phi) is 9.31. The number of hydrogen-bond acceptors (Lipinski definition) is 10. The van der Waals surface area contributed by atoms with Crippen LogP contribution in [0.1, 0.15) is 0 Å². The van der Waals surface area contributed by atoms with E-state index in [-0.39, 0.29) is 48.9 Å². The van der Waals surface area contributed by atoms with Crippen LogP contribution in [-0.2, 0) is 14.8 Å². The van der Waals surface area contributed by atoms with Crippen LogP contribution in [-0.4, -0.2) is 79.0 Å². The number of benzene rings is 1. The largest absolute Gasteiger partial charge is 0.460 e. The fourth-order valence-corrected chi connectivity index (χ4v) is 3.68. The minimum absolute atomic E-state index is 0.0204. The molecule has 14 heteroatoms. The van der Waals surface area contributed by atoms with Gasteiger partial charge in [-0.05, 0) is 36.5 Å². The zero-order valence-corrected chi connectivity index (χ0v) is 20.5. The number of nitrogens with two attached hydrogens (primary N) is 1. The van der Waals surface area contributed by atoms with Crippen LogP contribution in [0, 0.1) is 0 Å². The first-order valence-electron chi connectivity index (χ1n) is 10.4. The topological polar surface area (TPSA) is 151 Å². The van der Waals surface area contributed by atoms with E-state index in [9.17, 15) is 8.42 Å². The van der Waals surface area contributed by atoms with Crippen LogP contribution >= 0.6 is 12.2 Å². The summed E-state index contributed by atoms with van der Waals surface area (Å²) >= 11 is 5.50. The standard InChI is InChI=1S/C21H26N6O6S2/c1-3-10-31-18-24-19(32-11-4-2)26-20(25-18)33-14-16-13-27(9-12-30-16)21(34)23-15-5-7-17(8-6-15)35(22,28)29/h3-8,16H,1-2,9-14H2,(H,23,34)(H2,22,28,29). The molecule has 0 bridgehead atoms. The van der Waals surface area contributed by atoms with E-state index in [4.69, 9.17) is 36.3 Å². The number of thiocarbonyl (C=S) groups is 1. The molecular weight excluding hydrogens is 496 g/mol. The molecule has 2 aromatic rings. The number of nitrogens with one attached hydrogen (secondary N) is 1. The molecule has 0 radical (unpaired) electrons. The van der Waals surface area contributed by atoms with Gasteiger partial charge in [0.1, 0.15) is 25.9 Å². The van der Waals surface area contributed by atoms with E-state index in [0.717, 1.165) is 0 Å². The van der Waals surface area contributed by atoms with Gasteiger partial charge in [0, 0.05) is 18.8 Å². The van der Waals surface area contributed by atoms with Crippen molar-refractivity contribution in [1.82, 2.24) is 19.9 Å². The highest BCUT2D eigenvalue weighted by atomic mass is 32.2. The van der Waals surface area contributed by atoms with E-state index in [0.29, 0.717) is 30.5 Å². The summed E-state index contributed by atoms with van der Waals surface area (Å²) < 4.78 is 45.1. The lowest BCUT2D eigenvalue weighted by Gasteiger charge is -2.34. The molecule has 1 unspecified atom stereocenters. The Morgan fingerprint density at radius 3 is 2.23 bits per heavy atom. The van der Waals surface area contributed by atoms with Crippen LogP contribution in [0.4, 0.5) is 5.69 Å². The lowest BCUT2D eigenvalue weighted by atomic mass is 10.3. The second-order valence-electron chi connectivity index (χ2n) is 7.13. The zero-order chi connectivity index (χ0) is 25.3. The van der Waals surface area contributed by atoms with Gasteiger partial charge in [0.05, 0.1) is 11.5 Å². The van der Waals surface area contributed by atoms with Crippen LogP contribution in [0.2, 0.25) is 0 Å². The average Bonchev–Trinajstić information content (AvgIpc) is 2.85. The van der Waals surface area contributed by atoms with Crippen molar-refractivity contribution in [3.8, 4) is 18.0 Å². The van der Waals surface area contributed by atoms with Crippen LogP contribution in [0.25, 0.3) is 0 Å². The van der Waals surface area contributed by atoms with Gasteiger partial charge in [-0.25, -0.2) is 13.6 Å². The number of morpholine rings is 1. The lowest BCUT2D eigenvalue weighted by molar-refractivity contribution is -0.0298. The third-order valence-corrected chi connectivity index (χ3v) is 5.78. The van der Waals surface area contributed by atoms with Crippen LogP contribution in [0.3, 0.4) is 0 Å². The Bertz CT molecular complexity index is 1120. The molecule has 0 spiro atoms. The van der Waals surface area contributed by atoms with Crippen molar-refractivity contribution in [2.24, 2.45) is 5.14 Å². The van der Waals surface area contributed by atoms with E-state index in [1.54, 1.807) is 24.3 Å². The molecule has 3 rings (SSSR count). The normalized spacial score (nSPS) is 15.7. The van der Waals surface area contributed by atoms with E-state index in [2.05, 4.69) is 33.4 Å². The monoisotopic (exact) mass is 522 g/mol. The summed E-state index contributed by atoms with van der Waals surface area (Å²) in [5.41, 5.74) is 0.631. The molecular formula is C21H26N6O6S2. The lowest BCUT2D eigenvalue weighted by Crippen LogP contribution is -2.49. The molecule has 188 valence electrons. The van der Waals surface area contributed by atoms with Crippen molar-refractivity contribution < 1.29 is 27.4 Å². The maximum Gasteiger partial charge on any atom is 0.326 e. The third-order valence-electron chi connectivity index (χ3n) is 4.49. The van der Waals surface area contributed by atoms with E-state index < -0.39 is 10.0 Å². The number of ether oxygens (including phenoxy) is 4. The maximum atomic E-state index is 11.4. The fourth-order valence-electron chi connectivity index (χ4n) is 2.88. The van der Waals surface area contributed by atoms with Gasteiger partial charge in [-0.2, -0.15) is 0 Å². The Morgan fingerprint density at radius 1 is 1.11 bits per heavy atom. The first-order valence-corrected chi connectivity index (χ1v) is 12.4. The summed E-state index contributed by atoms with van der Waals surface area (Å²) in [4.78, 5) is 14.2. The van der Waals surface area contributed by atoms with Gasteiger partial charge in [0.2, 0.25) is 10.0 Å².